The summed E-state index contributed by atoms with van der Waals surface area (Å²) in [6.45, 7) is 0.870. The summed E-state index contributed by atoms with van der Waals surface area (Å²) in [5.41, 5.74) is 4.29. The number of nitrogens with zero attached hydrogens (tertiary/aromatic N) is 1. The molecule has 0 aliphatic carbocycles. The van der Waals surface area contributed by atoms with Gasteiger partial charge in [0.25, 0.3) is 0 Å². The maximum absolute atomic E-state index is 12.9. The van der Waals surface area contributed by atoms with Crippen LogP contribution < -0.4 is 15.5 Å². The van der Waals surface area contributed by atoms with Gasteiger partial charge in [0.05, 0.1) is 5.69 Å². The number of hydrogen-bond acceptors (Lipinski definition) is 3. The van der Waals surface area contributed by atoms with Crippen LogP contribution in [0.2, 0.25) is 0 Å². The van der Waals surface area contributed by atoms with E-state index in [1.807, 2.05) is 17.0 Å². The molecule has 2 aromatic carbocycles. The van der Waals surface area contributed by atoms with Gasteiger partial charge in [0.2, 0.25) is 5.91 Å². The molecule has 0 unspecified atom stereocenters. The Morgan fingerprint density at radius 1 is 1.00 bits per heavy atom. The summed E-state index contributed by atoms with van der Waals surface area (Å²) >= 11 is 0. The quantitative estimate of drug-likeness (QED) is 0.801. The van der Waals surface area contributed by atoms with E-state index in [0.29, 0.717) is 24.1 Å². The zero-order valence-corrected chi connectivity index (χ0v) is 15.3. The average molecular weight is 381 g/mol. The van der Waals surface area contributed by atoms with E-state index in [1.165, 1.54) is 12.1 Å². The minimum atomic E-state index is -0.757. The number of hydrogen-bond donors (Lipinski definition) is 2. The summed E-state index contributed by atoms with van der Waals surface area (Å²) < 4.78 is 12.9. The van der Waals surface area contributed by atoms with Crippen molar-refractivity contribution in [1.82, 2.24) is 5.32 Å². The van der Waals surface area contributed by atoms with E-state index < -0.39 is 11.8 Å². The van der Waals surface area contributed by atoms with Crippen molar-refractivity contribution in [2.45, 2.75) is 32.2 Å². The predicted molar refractivity (Wildman–Crippen MR) is 102 cm³/mol. The van der Waals surface area contributed by atoms with Crippen molar-refractivity contribution in [3.05, 3.63) is 58.9 Å². The lowest BCUT2D eigenvalue weighted by Crippen LogP contribution is -2.39. The molecule has 0 spiro atoms. The van der Waals surface area contributed by atoms with Crippen LogP contribution in [0, 0.1) is 5.82 Å². The van der Waals surface area contributed by atoms with E-state index in [1.54, 1.807) is 12.1 Å². The van der Waals surface area contributed by atoms with Crippen molar-refractivity contribution in [3.8, 4) is 0 Å². The molecule has 0 aromatic heterocycles. The highest BCUT2D eigenvalue weighted by Gasteiger charge is 2.30. The first-order valence-corrected chi connectivity index (χ1v) is 9.31. The predicted octanol–water partition coefficient (Wildman–Crippen LogP) is 2.31. The van der Waals surface area contributed by atoms with E-state index in [4.69, 9.17) is 0 Å². The summed E-state index contributed by atoms with van der Waals surface area (Å²) in [7, 11) is 0. The van der Waals surface area contributed by atoms with Crippen molar-refractivity contribution in [3.63, 3.8) is 0 Å². The van der Waals surface area contributed by atoms with Crippen LogP contribution in [0.5, 0.6) is 0 Å². The molecule has 4 rings (SSSR count). The van der Waals surface area contributed by atoms with Gasteiger partial charge in [-0.2, -0.15) is 0 Å². The third kappa shape index (κ3) is 3.60. The molecule has 0 fully saturated rings. The van der Waals surface area contributed by atoms with E-state index in [2.05, 4.69) is 10.6 Å². The molecule has 2 aromatic rings. The van der Waals surface area contributed by atoms with Crippen molar-refractivity contribution in [2.75, 3.05) is 16.8 Å². The Kier molecular flexibility index (Phi) is 4.81. The van der Waals surface area contributed by atoms with Crippen LogP contribution in [0.1, 0.15) is 29.5 Å². The number of aryl methyl sites for hydroxylation is 2. The molecule has 28 heavy (non-hydrogen) atoms. The van der Waals surface area contributed by atoms with Crippen LogP contribution in [0.3, 0.4) is 0 Å². The number of rotatable bonds is 3. The lowest BCUT2D eigenvalue weighted by atomic mass is 9.91. The molecule has 0 radical (unpaired) electrons. The molecular formula is C21H20FN3O3. The Hall–Kier alpha value is -3.22. The zero-order chi connectivity index (χ0) is 19.7. The highest BCUT2D eigenvalue weighted by molar-refractivity contribution is 6.39. The smallest absolute Gasteiger partial charge is 0.313 e. The maximum atomic E-state index is 12.9. The van der Waals surface area contributed by atoms with Gasteiger partial charge in [0.15, 0.2) is 0 Å². The van der Waals surface area contributed by atoms with Crippen molar-refractivity contribution in [2.24, 2.45) is 0 Å². The van der Waals surface area contributed by atoms with Crippen molar-refractivity contribution < 1.29 is 18.8 Å². The van der Waals surface area contributed by atoms with E-state index in [0.717, 1.165) is 36.2 Å². The number of anilines is 2. The van der Waals surface area contributed by atoms with Gasteiger partial charge in [-0.25, -0.2) is 4.39 Å². The average Bonchev–Trinajstić information content (AvgIpc) is 2.70. The van der Waals surface area contributed by atoms with E-state index in [9.17, 15) is 18.8 Å². The number of halogens is 1. The third-order valence-corrected chi connectivity index (χ3v) is 5.11. The third-order valence-electron chi connectivity index (χ3n) is 5.11. The second-order valence-electron chi connectivity index (χ2n) is 7.06. The van der Waals surface area contributed by atoms with E-state index in [-0.39, 0.29) is 18.3 Å². The van der Waals surface area contributed by atoms with Gasteiger partial charge in [-0.1, -0.05) is 12.1 Å². The van der Waals surface area contributed by atoms with Crippen LogP contribution in [0.15, 0.2) is 36.4 Å². The topological polar surface area (TPSA) is 78.5 Å². The molecular weight excluding hydrogens is 361 g/mol. The highest BCUT2D eigenvalue weighted by Crippen LogP contribution is 2.37. The normalized spacial score (nSPS) is 15.0. The minimum Gasteiger partial charge on any atom is -0.344 e. The number of carbonyl (C=O) groups excluding carboxylic acids is 3. The molecule has 144 valence electrons. The largest absolute Gasteiger partial charge is 0.344 e. The molecule has 2 aliphatic heterocycles. The number of benzene rings is 2. The maximum Gasteiger partial charge on any atom is 0.313 e. The van der Waals surface area contributed by atoms with Gasteiger partial charge < -0.3 is 15.5 Å². The van der Waals surface area contributed by atoms with Crippen LogP contribution >= 0.6 is 0 Å². The molecule has 0 saturated heterocycles. The molecule has 0 bridgehead atoms. The first-order chi connectivity index (χ1) is 13.5. The summed E-state index contributed by atoms with van der Waals surface area (Å²) in [5, 5.41) is 5.17. The molecule has 6 nitrogen and oxygen atoms in total. The fourth-order valence-electron chi connectivity index (χ4n) is 3.78. The number of carbonyl (C=O) groups is 3. The molecule has 3 amide bonds. The highest BCUT2D eigenvalue weighted by atomic mass is 19.1. The fraction of sp³-hybridized carbons (Fsp3) is 0.286. The molecule has 2 heterocycles. The first-order valence-electron chi connectivity index (χ1n) is 9.31. The Bertz CT molecular complexity index is 939. The van der Waals surface area contributed by atoms with Crippen LogP contribution in [0.4, 0.5) is 15.8 Å². The van der Waals surface area contributed by atoms with Crippen LogP contribution in [0.25, 0.3) is 0 Å². The van der Waals surface area contributed by atoms with Gasteiger partial charge in [0.1, 0.15) is 5.82 Å². The monoisotopic (exact) mass is 381 g/mol. The number of amides is 3. The van der Waals surface area contributed by atoms with E-state index >= 15 is 0 Å². The van der Waals surface area contributed by atoms with Gasteiger partial charge in [-0.3, -0.25) is 14.4 Å². The van der Waals surface area contributed by atoms with Gasteiger partial charge >= 0.3 is 11.8 Å². The lowest BCUT2D eigenvalue weighted by molar-refractivity contribution is -0.136. The summed E-state index contributed by atoms with van der Waals surface area (Å²) in [5.74, 6) is -1.73. The molecule has 2 N–H and O–H groups in total. The molecule has 0 atom stereocenters. The summed E-state index contributed by atoms with van der Waals surface area (Å²) in [6.07, 6.45) is 2.82. The summed E-state index contributed by atoms with van der Waals surface area (Å²) in [6, 6.07) is 9.38. The molecule has 0 saturated carbocycles. The molecule has 2 aliphatic rings. The Labute approximate surface area is 161 Å². The second-order valence-corrected chi connectivity index (χ2v) is 7.06. The Morgan fingerprint density at radius 3 is 2.46 bits per heavy atom. The lowest BCUT2D eigenvalue weighted by Gasteiger charge is -2.35. The SMILES string of the molecule is O=C(NCc1ccc(F)cc1)C(=O)Nc1cc2c3c(c1)CCC(=O)N3CCC2. The zero-order valence-electron chi connectivity index (χ0n) is 15.3. The number of nitrogens with one attached hydrogen (secondary N) is 2. The second kappa shape index (κ2) is 7.42. The fourth-order valence-corrected chi connectivity index (χ4v) is 3.78. The summed E-state index contributed by atoms with van der Waals surface area (Å²) in [4.78, 5) is 38.3. The van der Waals surface area contributed by atoms with Gasteiger partial charge in [-0.15, -0.1) is 0 Å². The van der Waals surface area contributed by atoms with Crippen molar-refractivity contribution >= 4 is 29.1 Å². The van der Waals surface area contributed by atoms with Crippen molar-refractivity contribution in [1.29, 1.82) is 0 Å². The van der Waals surface area contributed by atoms with Crippen LogP contribution in [-0.2, 0) is 33.8 Å². The standard InChI is InChI=1S/C21H20FN3O3/c22-16-6-3-13(4-7-16)12-23-20(27)21(28)24-17-10-14-2-1-9-25-18(26)8-5-15(11-17)19(14)25/h3-4,6-7,10-11H,1-2,5,8-9,12H2,(H,23,27)(H,24,28). The van der Waals surface area contributed by atoms with Gasteiger partial charge in [0, 0.05) is 25.2 Å². The Balaban J connectivity index is 1.44. The Morgan fingerprint density at radius 2 is 1.71 bits per heavy atom. The molecule has 7 heteroatoms. The van der Waals surface area contributed by atoms with Gasteiger partial charge in [-0.05, 0) is 60.2 Å². The first kappa shape index (κ1) is 18.2. The minimum absolute atomic E-state index is 0.138. The van der Waals surface area contributed by atoms with Crippen LogP contribution in [-0.4, -0.2) is 24.3 Å².